The smallest absolute Gasteiger partial charge is 0.256 e. The molecule has 0 atom stereocenters. The summed E-state index contributed by atoms with van der Waals surface area (Å²) in [4.78, 5) is 25.2. The number of aromatic hydroxyl groups is 1. The zero-order chi connectivity index (χ0) is 13.8. The number of amides is 1. The van der Waals surface area contributed by atoms with E-state index in [1.807, 2.05) is 0 Å². The third-order valence-electron chi connectivity index (χ3n) is 2.46. The number of aliphatic hydroxyl groups is 1. The predicted octanol–water partition coefficient (Wildman–Crippen LogP) is 0.825. The van der Waals surface area contributed by atoms with Crippen LogP contribution in [0.5, 0.6) is 5.88 Å². The van der Waals surface area contributed by atoms with E-state index in [-0.39, 0.29) is 18.1 Å². The Labute approximate surface area is 108 Å². The van der Waals surface area contributed by atoms with E-state index in [1.165, 1.54) is 0 Å². The molecule has 0 fully saturated rings. The van der Waals surface area contributed by atoms with Gasteiger partial charge in [-0.1, -0.05) is 12.1 Å². The number of anilines is 1. The molecular weight excluding hydrogens is 248 g/mol. The molecule has 4 N–H and O–H groups in total. The van der Waals surface area contributed by atoms with Crippen molar-refractivity contribution in [3.05, 3.63) is 57.9 Å². The zero-order valence-corrected chi connectivity index (χ0v) is 9.88. The van der Waals surface area contributed by atoms with Gasteiger partial charge in [0.15, 0.2) is 5.88 Å². The lowest BCUT2D eigenvalue weighted by atomic mass is 10.2. The number of pyridine rings is 1. The summed E-state index contributed by atoms with van der Waals surface area (Å²) in [7, 11) is 0. The van der Waals surface area contributed by atoms with Crippen molar-refractivity contribution >= 4 is 11.6 Å². The molecule has 6 heteroatoms. The molecule has 2 aromatic rings. The van der Waals surface area contributed by atoms with Gasteiger partial charge in [0.25, 0.3) is 11.5 Å². The van der Waals surface area contributed by atoms with Crippen LogP contribution in [0.15, 0.2) is 41.2 Å². The third-order valence-corrected chi connectivity index (χ3v) is 2.46. The molecule has 0 aliphatic heterocycles. The fourth-order valence-corrected chi connectivity index (χ4v) is 1.61. The average molecular weight is 260 g/mol. The van der Waals surface area contributed by atoms with E-state index in [0.29, 0.717) is 11.3 Å². The van der Waals surface area contributed by atoms with E-state index in [4.69, 9.17) is 5.11 Å². The van der Waals surface area contributed by atoms with Gasteiger partial charge < -0.3 is 15.5 Å². The lowest BCUT2D eigenvalue weighted by Gasteiger charge is -2.06. The van der Waals surface area contributed by atoms with Crippen LogP contribution in [0.2, 0.25) is 0 Å². The first kappa shape index (κ1) is 12.8. The van der Waals surface area contributed by atoms with Crippen LogP contribution in [0.25, 0.3) is 0 Å². The van der Waals surface area contributed by atoms with Crippen molar-refractivity contribution < 1.29 is 15.0 Å². The largest absolute Gasteiger partial charge is 0.494 e. The molecule has 1 aromatic carbocycles. The lowest BCUT2D eigenvalue weighted by Crippen LogP contribution is -2.15. The highest BCUT2D eigenvalue weighted by atomic mass is 16.3. The minimum absolute atomic E-state index is 0.0515. The molecule has 0 aliphatic rings. The van der Waals surface area contributed by atoms with Crippen LogP contribution in [0.1, 0.15) is 15.9 Å². The van der Waals surface area contributed by atoms with Gasteiger partial charge in [-0.15, -0.1) is 0 Å². The maximum absolute atomic E-state index is 11.9. The number of carbonyl (C=O) groups excluding carboxylic acids is 1. The number of H-pyrrole nitrogens is 1. The Kier molecular flexibility index (Phi) is 3.63. The van der Waals surface area contributed by atoms with Crippen molar-refractivity contribution in [2.75, 3.05) is 5.32 Å². The van der Waals surface area contributed by atoms with Crippen LogP contribution >= 0.6 is 0 Å². The topological polar surface area (TPSA) is 102 Å². The van der Waals surface area contributed by atoms with Gasteiger partial charge in [0.2, 0.25) is 0 Å². The van der Waals surface area contributed by atoms with Crippen molar-refractivity contribution in [1.29, 1.82) is 0 Å². The molecule has 6 nitrogen and oxygen atoms in total. The Morgan fingerprint density at radius 3 is 2.74 bits per heavy atom. The number of hydrogen-bond acceptors (Lipinski definition) is 4. The normalized spacial score (nSPS) is 10.2. The highest BCUT2D eigenvalue weighted by molar-refractivity contribution is 6.04. The average Bonchev–Trinajstić information content (AvgIpc) is 2.37. The summed E-state index contributed by atoms with van der Waals surface area (Å²) < 4.78 is 0. The maximum Gasteiger partial charge on any atom is 0.256 e. The second kappa shape index (κ2) is 5.36. The molecule has 1 heterocycles. The Hall–Kier alpha value is -2.60. The molecule has 1 aromatic heterocycles. The van der Waals surface area contributed by atoms with Crippen LogP contribution in [-0.4, -0.2) is 21.1 Å². The molecule has 0 aliphatic carbocycles. The molecular formula is C13H12N2O4. The summed E-state index contributed by atoms with van der Waals surface area (Å²) in [6, 6.07) is 8.93. The van der Waals surface area contributed by atoms with Gasteiger partial charge in [0.1, 0.15) is 0 Å². The highest BCUT2D eigenvalue weighted by Crippen LogP contribution is 2.13. The van der Waals surface area contributed by atoms with Gasteiger partial charge in [0, 0.05) is 17.8 Å². The Balaban J connectivity index is 2.22. The van der Waals surface area contributed by atoms with E-state index in [2.05, 4.69) is 10.3 Å². The van der Waals surface area contributed by atoms with Crippen LogP contribution in [0, 0.1) is 0 Å². The number of aromatic nitrogens is 1. The SMILES string of the molecule is O=C(Nc1cccc(CO)c1)c1cc(O)[nH]c(=O)c1. The Bertz CT molecular complexity index is 664. The first-order valence-corrected chi connectivity index (χ1v) is 5.53. The van der Waals surface area contributed by atoms with E-state index < -0.39 is 11.5 Å². The predicted molar refractivity (Wildman–Crippen MR) is 69.0 cm³/mol. The monoisotopic (exact) mass is 260 g/mol. The van der Waals surface area contributed by atoms with Gasteiger partial charge in [-0.3, -0.25) is 14.6 Å². The molecule has 98 valence electrons. The van der Waals surface area contributed by atoms with Crippen molar-refractivity contribution in [2.45, 2.75) is 6.61 Å². The van der Waals surface area contributed by atoms with Gasteiger partial charge in [0.05, 0.1) is 12.2 Å². The quantitative estimate of drug-likeness (QED) is 0.656. The molecule has 0 saturated heterocycles. The van der Waals surface area contributed by atoms with Crippen molar-refractivity contribution in [1.82, 2.24) is 4.98 Å². The molecule has 1 amide bonds. The third kappa shape index (κ3) is 3.20. The molecule has 0 saturated carbocycles. The number of benzene rings is 1. The molecule has 19 heavy (non-hydrogen) atoms. The Morgan fingerprint density at radius 1 is 1.26 bits per heavy atom. The second-order valence-corrected chi connectivity index (χ2v) is 3.93. The van der Waals surface area contributed by atoms with Gasteiger partial charge in [-0.05, 0) is 17.7 Å². The number of aromatic amines is 1. The van der Waals surface area contributed by atoms with E-state index in [9.17, 15) is 14.7 Å². The first-order valence-electron chi connectivity index (χ1n) is 5.53. The molecule has 0 unspecified atom stereocenters. The van der Waals surface area contributed by atoms with Crippen LogP contribution in [0.4, 0.5) is 5.69 Å². The van der Waals surface area contributed by atoms with Crippen LogP contribution < -0.4 is 10.9 Å². The highest BCUT2D eigenvalue weighted by Gasteiger charge is 2.08. The molecule has 2 rings (SSSR count). The first-order chi connectivity index (χ1) is 9.08. The second-order valence-electron chi connectivity index (χ2n) is 3.93. The van der Waals surface area contributed by atoms with Gasteiger partial charge >= 0.3 is 0 Å². The van der Waals surface area contributed by atoms with E-state index in [0.717, 1.165) is 12.1 Å². The summed E-state index contributed by atoms with van der Waals surface area (Å²) in [5.74, 6) is -0.891. The summed E-state index contributed by atoms with van der Waals surface area (Å²) in [5, 5.41) is 20.8. The fraction of sp³-hybridized carbons (Fsp3) is 0.0769. The zero-order valence-electron chi connectivity index (χ0n) is 9.88. The summed E-state index contributed by atoms with van der Waals surface area (Å²) in [6.45, 7) is -0.129. The van der Waals surface area contributed by atoms with Crippen molar-refractivity contribution in [3.8, 4) is 5.88 Å². The van der Waals surface area contributed by atoms with Crippen molar-refractivity contribution in [2.24, 2.45) is 0 Å². The number of nitrogens with one attached hydrogen (secondary N) is 2. The van der Waals surface area contributed by atoms with Crippen LogP contribution in [0.3, 0.4) is 0 Å². The van der Waals surface area contributed by atoms with Gasteiger partial charge in [-0.2, -0.15) is 0 Å². The summed E-state index contributed by atoms with van der Waals surface area (Å²) >= 11 is 0. The molecule has 0 radical (unpaired) electrons. The van der Waals surface area contributed by atoms with Crippen LogP contribution in [-0.2, 0) is 6.61 Å². The molecule has 0 bridgehead atoms. The summed E-state index contributed by atoms with van der Waals surface area (Å²) in [5.41, 5.74) is 0.646. The fourth-order valence-electron chi connectivity index (χ4n) is 1.61. The van der Waals surface area contributed by atoms with Gasteiger partial charge in [-0.25, -0.2) is 0 Å². The maximum atomic E-state index is 11.9. The minimum atomic E-state index is -0.561. The summed E-state index contributed by atoms with van der Waals surface area (Å²) in [6.07, 6.45) is 0. The van der Waals surface area contributed by atoms with E-state index in [1.54, 1.807) is 24.3 Å². The molecule has 0 spiro atoms. The lowest BCUT2D eigenvalue weighted by molar-refractivity contribution is 0.102. The van der Waals surface area contributed by atoms with Crippen molar-refractivity contribution in [3.63, 3.8) is 0 Å². The van der Waals surface area contributed by atoms with E-state index >= 15 is 0 Å². The number of hydrogen-bond donors (Lipinski definition) is 4. The minimum Gasteiger partial charge on any atom is -0.494 e. The number of rotatable bonds is 3. The Morgan fingerprint density at radius 2 is 2.05 bits per heavy atom. The number of aliphatic hydroxyl groups excluding tert-OH is 1. The standard InChI is InChI=1S/C13H12N2O4/c16-7-8-2-1-3-10(4-8)14-13(19)9-5-11(17)15-12(18)6-9/h1-6,16H,7H2,(H,14,19)(H2,15,17,18). The number of carbonyl (C=O) groups is 1.